The Morgan fingerprint density at radius 1 is 1.21 bits per heavy atom. The number of esters is 3. The molecule has 1 aliphatic heterocycles. The van der Waals surface area contributed by atoms with Crippen molar-refractivity contribution in [3.8, 4) is 0 Å². The van der Waals surface area contributed by atoms with Crippen molar-refractivity contribution in [1.29, 1.82) is 0 Å². The Morgan fingerprint density at radius 3 is 2.36 bits per heavy atom. The quantitative estimate of drug-likeness (QED) is 0.177. The van der Waals surface area contributed by atoms with Crippen LogP contribution in [0.5, 0.6) is 0 Å². The van der Waals surface area contributed by atoms with E-state index in [1.807, 2.05) is 0 Å². The lowest BCUT2D eigenvalue weighted by atomic mass is 9.73. The fourth-order valence-corrected chi connectivity index (χ4v) is 4.75. The average molecular weight is 396 g/mol. The Morgan fingerprint density at radius 2 is 1.82 bits per heavy atom. The first-order valence-electron chi connectivity index (χ1n) is 8.92. The van der Waals surface area contributed by atoms with Gasteiger partial charge >= 0.3 is 17.9 Å². The summed E-state index contributed by atoms with van der Waals surface area (Å²) in [5, 5.41) is 21.0. The van der Waals surface area contributed by atoms with Gasteiger partial charge in [-0.05, 0) is 13.8 Å². The van der Waals surface area contributed by atoms with Crippen molar-refractivity contribution in [2.45, 2.75) is 57.2 Å². The molecule has 1 saturated heterocycles. The fraction of sp³-hybridized carbons (Fsp3) is 0.632. The van der Waals surface area contributed by atoms with Gasteiger partial charge in [0, 0.05) is 31.3 Å². The van der Waals surface area contributed by atoms with Gasteiger partial charge in [-0.15, -0.1) is 0 Å². The summed E-state index contributed by atoms with van der Waals surface area (Å²) >= 11 is 0. The first-order valence-corrected chi connectivity index (χ1v) is 8.92. The standard InChI is InChI=1S/C19H24O9/c1-8-12-14(27-17(8)22)13-11(6-7-18(13,4)28-24)19(5,23)16(26-10(3)21)15(12)25-9(2)20/h6-7,11-16,23-24H,1H2,2-5H3. The summed E-state index contributed by atoms with van der Waals surface area (Å²) in [6, 6.07) is 0. The van der Waals surface area contributed by atoms with Crippen LogP contribution in [-0.4, -0.2) is 57.8 Å². The van der Waals surface area contributed by atoms with Crippen molar-refractivity contribution in [3.63, 3.8) is 0 Å². The molecule has 0 bridgehead atoms. The van der Waals surface area contributed by atoms with Crippen LogP contribution in [0, 0.1) is 17.8 Å². The third-order valence-electron chi connectivity index (χ3n) is 5.99. The maximum Gasteiger partial charge on any atom is 0.334 e. The van der Waals surface area contributed by atoms with E-state index < -0.39 is 65.2 Å². The van der Waals surface area contributed by atoms with Gasteiger partial charge in [-0.3, -0.25) is 14.8 Å². The summed E-state index contributed by atoms with van der Waals surface area (Å²) in [6.07, 6.45) is -0.302. The van der Waals surface area contributed by atoms with Crippen molar-refractivity contribution >= 4 is 17.9 Å². The summed E-state index contributed by atoms with van der Waals surface area (Å²) in [5.74, 6) is -4.48. The molecule has 0 radical (unpaired) electrons. The molecule has 0 aromatic heterocycles. The SMILES string of the molecule is C=C1C(=O)OC2C1C(OC(C)=O)C(OC(C)=O)C(C)(O)C1C=CC(C)(OO)C21. The molecule has 2 aliphatic carbocycles. The van der Waals surface area contributed by atoms with E-state index in [0.29, 0.717) is 0 Å². The van der Waals surface area contributed by atoms with E-state index in [4.69, 9.17) is 19.1 Å². The third kappa shape index (κ3) is 2.94. The molecule has 9 nitrogen and oxygen atoms in total. The highest BCUT2D eigenvalue weighted by Gasteiger charge is 2.67. The molecule has 1 saturated carbocycles. The number of ether oxygens (including phenoxy) is 3. The molecule has 3 aliphatic rings. The number of fused-ring (bicyclic) bond motifs is 3. The molecule has 28 heavy (non-hydrogen) atoms. The number of hydrogen-bond acceptors (Lipinski definition) is 9. The minimum Gasteiger partial charge on any atom is -0.458 e. The van der Waals surface area contributed by atoms with Gasteiger partial charge < -0.3 is 19.3 Å². The van der Waals surface area contributed by atoms with Gasteiger partial charge in [0.1, 0.15) is 17.3 Å². The Labute approximate surface area is 161 Å². The molecule has 8 unspecified atom stereocenters. The highest BCUT2D eigenvalue weighted by atomic mass is 17.1. The van der Waals surface area contributed by atoms with Crippen LogP contribution in [-0.2, 0) is 33.5 Å². The Kier molecular flexibility index (Phi) is 4.89. The highest BCUT2D eigenvalue weighted by Crippen LogP contribution is 2.55. The van der Waals surface area contributed by atoms with Crippen molar-refractivity contribution in [1.82, 2.24) is 0 Å². The monoisotopic (exact) mass is 396 g/mol. The van der Waals surface area contributed by atoms with E-state index in [1.54, 1.807) is 19.1 Å². The van der Waals surface area contributed by atoms with E-state index >= 15 is 0 Å². The van der Waals surface area contributed by atoms with E-state index in [0.717, 1.165) is 6.92 Å². The van der Waals surface area contributed by atoms with Crippen LogP contribution in [0.2, 0.25) is 0 Å². The van der Waals surface area contributed by atoms with Gasteiger partial charge in [-0.1, -0.05) is 18.7 Å². The predicted octanol–water partition coefficient (Wildman–Crippen LogP) is 0.763. The van der Waals surface area contributed by atoms with Gasteiger partial charge in [0.2, 0.25) is 0 Å². The normalized spacial score (nSPS) is 44.4. The van der Waals surface area contributed by atoms with Crippen LogP contribution >= 0.6 is 0 Å². The number of carbonyl (C=O) groups excluding carboxylic acids is 3. The van der Waals surface area contributed by atoms with Gasteiger partial charge in [0.15, 0.2) is 12.2 Å². The van der Waals surface area contributed by atoms with Crippen LogP contribution in [0.1, 0.15) is 27.7 Å². The van der Waals surface area contributed by atoms with Crippen molar-refractivity contribution in [2.75, 3.05) is 0 Å². The summed E-state index contributed by atoms with van der Waals surface area (Å²) in [7, 11) is 0. The number of carbonyl (C=O) groups is 3. The molecular weight excluding hydrogens is 372 g/mol. The Bertz CT molecular complexity index is 755. The average Bonchev–Trinajstić information content (AvgIpc) is 3.06. The van der Waals surface area contributed by atoms with Crippen molar-refractivity contribution in [3.05, 3.63) is 24.3 Å². The lowest BCUT2D eigenvalue weighted by Crippen LogP contribution is -2.55. The maximum atomic E-state index is 12.3. The summed E-state index contributed by atoms with van der Waals surface area (Å²) in [6.45, 7) is 9.10. The van der Waals surface area contributed by atoms with Crippen LogP contribution in [0.4, 0.5) is 0 Å². The largest absolute Gasteiger partial charge is 0.458 e. The Hall–Kier alpha value is -2.23. The van der Waals surface area contributed by atoms with Gasteiger partial charge in [0.05, 0.1) is 5.92 Å². The van der Waals surface area contributed by atoms with E-state index in [-0.39, 0.29) is 5.57 Å². The lowest BCUT2D eigenvalue weighted by Gasteiger charge is -2.41. The van der Waals surface area contributed by atoms with Gasteiger partial charge in [0.25, 0.3) is 0 Å². The molecule has 0 spiro atoms. The van der Waals surface area contributed by atoms with Crippen molar-refractivity contribution < 1.29 is 43.8 Å². The molecule has 0 aromatic rings. The molecular formula is C19H24O9. The van der Waals surface area contributed by atoms with Crippen LogP contribution in [0.15, 0.2) is 24.3 Å². The zero-order valence-corrected chi connectivity index (χ0v) is 16.1. The molecule has 0 amide bonds. The summed E-state index contributed by atoms with van der Waals surface area (Å²) < 4.78 is 16.3. The maximum absolute atomic E-state index is 12.3. The van der Waals surface area contributed by atoms with E-state index in [1.165, 1.54) is 13.8 Å². The summed E-state index contributed by atoms with van der Waals surface area (Å²) in [5.41, 5.74) is -3.01. The minimum absolute atomic E-state index is 0.0250. The van der Waals surface area contributed by atoms with Gasteiger partial charge in [-0.2, -0.15) is 0 Å². The number of aliphatic hydroxyl groups is 1. The second kappa shape index (κ2) is 6.68. The number of hydrogen-bond donors (Lipinski definition) is 2. The highest BCUT2D eigenvalue weighted by molar-refractivity contribution is 5.91. The smallest absolute Gasteiger partial charge is 0.334 e. The van der Waals surface area contributed by atoms with E-state index in [2.05, 4.69) is 6.58 Å². The topological polar surface area (TPSA) is 129 Å². The lowest BCUT2D eigenvalue weighted by molar-refractivity contribution is -0.324. The second-order valence-corrected chi connectivity index (χ2v) is 7.94. The van der Waals surface area contributed by atoms with Crippen molar-refractivity contribution in [2.24, 2.45) is 17.8 Å². The third-order valence-corrected chi connectivity index (χ3v) is 5.99. The zero-order valence-electron chi connectivity index (χ0n) is 16.1. The molecule has 1 heterocycles. The first-order chi connectivity index (χ1) is 12.9. The zero-order chi connectivity index (χ0) is 21.0. The molecule has 0 aromatic carbocycles. The van der Waals surface area contributed by atoms with E-state index in [9.17, 15) is 24.7 Å². The second-order valence-electron chi connectivity index (χ2n) is 7.94. The Balaban J connectivity index is 2.21. The molecule has 2 fully saturated rings. The molecule has 3 rings (SSSR count). The molecule has 154 valence electrons. The van der Waals surface area contributed by atoms with Crippen LogP contribution < -0.4 is 0 Å². The van der Waals surface area contributed by atoms with Crippen LogP contribution in [0.3, 0.4) is 0 Å². The van der Waals surface area contributed by atoms with Crippen LogP contribution in [0.25, 0.3) is 0 Å². The van der Waals surface area contributed by atoms with Gasteiger partial charge in [-0.25, -0.2) is 9.68 Å². The molecule has 9 heteroatoms. The molecule has 8 atom stereocenters. The molecule has 2 N–H and O–H groups in total. The predicted molar refractivity (Wildman–Crippen MR) is 92.5 cm³/mol. The minimum atomic E-state index is -1.74. The first kappa shape index (κ1) is 20.5. The fourth-order valence-electron chi connectivity index (χ4n) is 4.75. The number of rotatable bonds is 3. The summed E-state index contributed by atoms with van der Waals surface area (Å²) in [4.78, 5) is 40.6.